The van der Waals surface area contributed by atoms with Crippen LogP contribution in [0.4, 0.5) is 4.39 Å². The third kappa shape index (κ3) is 4.56. The van der Waals surface area contributed by atoms with E-state index in [2.05, 4.69) is 30.8 Å². The molecule has 1 amide bonds. The Bertz CT molecular complexity index is 784. The molecule has 5 nitrogen and oxygen atoms in total. The Balaban J connectivity index is 1.77. The molecule has 1 fully saturated rings. The zero-order chi connectivity index (χ0) is 19.6. The second-order valence-corrected chi connectivity index (χ2v) is 7.82. The molecule has 0 N–H and O–H groups in total. The van der Waals surface area contributed by atoms with E-state index < -0.39 is 0 Å². The lowest BCUT2D eigenvalue weighted by atomic mass is 10.0. The van der Waals surface area contributed by atoms with Gasteiger partial charge in [-0.25, -0.2) is 4.39 Å². The van der Waals surface area contributed by atoms with Crippen molar-refractivity contribution in [3.8, 4) is 0 Å². The minimum Gasteiger partial charge on any atom is -0.334 e. The monoisotopic (exact) mass is 372 g/mol. The van der Waals surface area contributed by atoms with Crippen molar-refractivity contribution in [1.82, 2.24) is 19.6 Å². The van der Waals surface area contributed by atoms with Crippen LogP contribution in [0, 0.1) is 18.7 Å². The van der Waals surface area contributed by atoms with Crippen molar-refractivity contribution in [2.45, 2.75) is 46.3 Å². The highest BCUT2D eigenvalue weighted by molar-refractivity contribution is 5.77. The highest BCUT2D eigenvalue weighted by atomic mass is 19.1. The average molecular weight is 372 g/mol. The smallest absolute Gasteiger partial charge is 0.224 e. The number of aromatic nitrogens is 2. The summed E-state index contributed by atoms with van der Waals surface area (Å²) in [7, 11) is 1.95. The normalized spacial score (nSPS) is 19.0. The summed E-state index contributed by atoms with van der Waals surface area (Å²) in [6.45, 7) is 9.31. The van der Waals surface area contributed by atoms with Gasteiger partial charge in [0.1, 0.15) is 5.82 Å². The summed E-state index contributed by atoms with van der Waals surface area (Å²) < 4.78 is 15.1. The Morgan fingerprint density at radius 2 is 1.93 bits per heavy atom. The Labute approximate surface area is 160 Å². The summed E-state index contributed by atoms with van der Waals surface area (Å²) in [6.07, 6.45) is 2.42. The lowest BCUT2D eigenvalue weighted by molar-refractivity contribution is -0.134. The van der Waals surface area contributed by atoms with Gasteiger partial charge in [0.2, 0.25) is 5.91 Å². The highest BCUT2D eigenvalue weighted by Gasteiger charge is 2.32. The van der Waals surface area contributed by atoms with Gasteiger partial charge in [-0.2, -0.15) is 5.10 Å². The van der Waals surface area contributed by atoms with E-state index in [0.717, 1.165) is 30.9 Å². The van der Waals surface area contributed by atoms with Gasteiger partial charge in [-0.1, -0.05) is 26.0 Å². The number of amides is 1. The Morgan fingerprint density at radius 3 is 2.52 bits per heavy atom. The van der Waals surface area contributed by atoms with E-state index >= 15 is 0 Å². The molecule has 1 aliphatic heterocycles. The number of halogens is 1. The number of nitrogens with zero attached hydrogens (tertiary/aromatic N) is 4. The van der Waals surface area contributed by atoms with Gasteiger partial charge < -0.3 is 4.90 Å². The third-order valence-corrected chi connectivity index (χ3v) is 5.57. The van der Waals surface area contributed by atoms with Gasteiger partial charge in [0.25, 0.3) is 0 Å². The zero-order valence-corrected chi connectivity index (χ0v) is 16.7. The molecule has 3 rings (SSSR count). The summed E-state index contributed by atoms with van der Waals surface area (Å²) in [6, 6.07) is 6.57. The fourth-order valence-corrected chi connectivity index (χ4v) is 3.68. The Kier molecular flexibility index (Phi) is 5.95. The second-order valence-electron chi connectivity index (χ2n) is 7.82. The van der Waals surface area contributed by atoms with Gasteiger partial charge in [0.15, 0.2) is 0 Å². The topological polar surface area (TPSA) is 41.4 Å². The summed E-state index contributed by atoms with van der Waals surface area (Å²) in [5, 5.41) is 4.33. The maximum absolute atomic E-state index is 13.2. The molecule has 1 atom stereocenters. The van der Waals surface area contributed by atoms with E-state index in [4.69, 9.17) is 0 Å². The first-order chi connectivity index (χ1) is 12.8. The number of hydrogen-bond acceptors (Lipinski definition) is 3. The van der Waals surface area contributed by atoms with Crippen LogP contribution in [-0.4, -0.2) is 44.6 Å². The van der Waals surface area contributed by atoms with Crippen molar-refractivity contribution in [2.24, 2.45) is 13.0 Å². The minimum absolute atomic E-state index is 0.127. The molecule has 0 aliphatic carbocycles. The second kappa shape index (κ2) is 8.21. The largest absolute Gasteiger partial charge is 0.334 e. The molecule has 1 aromatic carbocycles. The number of aryl methyl sites for hydroxylation is 1. The zero-order valence-electron chi connectivity index (χ0n) is 16.7. The van der Waals surface area contributed by atoms with Gasteiger partial charge in [0.05, 0.1) is 6.20 Å². The van der Waals surface area contributed by atoms with Gasteiger partial charge in [-0.15, -0.1) is 0 Å². The molecule has 6 heteroatoms. The number of rotatable bonds is 5. The summed E-state index contributed by atoms with van der Waals surface area (Å²) >= 11 is 0. The van der Waals surface area contributed by atoms with Crippen LogP contribution in [0.3, 0.4) is 0 Å². The van der Waals surface area contributed by atoms with Crippen LogP contribution < -0.4 is 0 Å². The van der Waals surface area contributed by atoms with Crippen molar-refractivity contribution >= 4 is 5.91 Å². The van der Waals surface area contributed by atoms with Gasteiger partial charge in [-0.05, 0) is 30.5 Å². The van der Waals surface area contributed by atoms with Crippen LogP contribution in [-0.2, 0) is 24.9 Å². The minimum atomic E-state index is -0.251. The van der Waals surface area contributed by atoms with Crippen LogP contribution in [0.5, 0.6) is 0 Å². The Morgan fingerprint density at radius 1 is 1.22 bits per heavy atom. The van der Waals surface area contributed by atoms with Crippen LogP contribution in [0.15, 0.2) is 30.5 Å². The molecule has 0 spiro atoms. The maximum Gasteiger partial charge on any atom is 0.224 e. The first-order valence-corrected chi connectivity index (χ1v) is 9.59. The molecule has 27 heavy (non-hydrogen) atoms. The van der Waals surface area contributed by atoms with E-state index in [0.29, 0.717) is 18.9 Å². The highest BCUT2D eigenvalue weighted by Crippen LogP contribution is 2.22. The van der Waals surface area contributed by atoms with Crippen LogP contribution >= 0.6 is 0 Å². The molecule has 2 aromatic rings. The maximum atomic E-state index is 13.2. The number of benzene rings is 1. The molecule has 0 radical (unpaired) electrons. The molecular formula is C21H29FN4O. The van der Waals surface area contributed by atoms with Crippen LogP contribution in [0.2, 0.25) is 0 Å². The molecular weight excluding hydrogens is 343 g/mol. The molecule has 1 aliphatic rings. The van der Waals surface area contributed by atoms with Crippen molar-refractivity contribution in [1.29, 1.82) is 0 Å². The summed E-state index contributed by atoms with van der Waals surface area (Å²) in [4.78, 5) is 17.2. The van der Waals surface area contributed by atoms with Crippen molar-refractivity contribution in [3.05, 3.63) is 53.1 Å². The average Bonchev–Trinajstić information content (AvgIpc) is 2.85. The van der Waals surface area contributed by atoms with Crippen LogP contribution in [0.1, 0.15) is 37.1 Å². The lowest BCUT2D eigenvalue weighted by Crippen LogP contribution is -2.45. The van der Waals surface area contributed by atoms with Gasteiger partial charge >= 0.3 is 0 Å². The van der Waals surface area contributed by atoms with Gasteiger partial charge in [0, 0.05) is 56.9 Å². The van der Waals surface area contributed by atoms with E-state index in [1.54, 1.807) is 12.1 Å². The summed E-state index contributed by atoms with van der Waals surface area (Å²) in [5.74, 6) is 0.257. The van der Waals surface area contributed by atoms with E-state index in [1.807, 2.05) is 22.8 Å². The first kappa shape index (κ1) is 19.5. The van der Waals surface area contributed by atoms with E-state index in [-0.39, 0.29) is 17.8 Å². The third-order valence-electron chi connectivity index (χ3n) is 5.57. The molecule has 1 unspecified atom stereocenters. The number of hydrogen-bond donors (Lipinski definition) is 0. The van der Waals surface area contributed by atoms with Crippen molar-refractivity contribution < 1.29 is 9.18 Å². The number of carbonyl (C=O) groups is 1. The molecule has 1 aromatic heterocycles. The lowest BCUT2D eigenvalue weighted by Gasteiger charge is -2.35. The standard InChI is InChI=1S/C21H29FN4O/c1-15(2)20-14-25(13-18-11-23-24(4)16(18)3)10-9-21(27)26(20)12-17-5-7-19(22)8-6-17/h5-8,11,15,20H,9-10,12-14H2,1-4H3. The van der Waals surface area contributed by atoms with Crippen molar-refractivity contribution in [2.75, 3.05) is 13.1 Å². The number of carbonyl (C=O) groups excluding carboxylic acids is 1. The van der Waals surface area contributed by atoms with Crippen LogP contribution in [0.25, 0.3) is 0 Å². The van der Waals surface area contributed by atoms with Crippen molar-refractivity contribution in [3.63, 3.8) is 0 Å². The Hall–Kier alpha value is -2.21. The van der Waals surface area contributed by atoms with E-state index in [9.17, 15) is 9.18 Å². The first-order valence-electron chi connectivity index (χ1n) is 9.59. The molecule has 0 bridgehead atoms. The molecule has 146 valence electrons. The fourth-order valence-electron chi connectivity index (χ4n) is 3.68. The SMILES string of the molecule is Cc1c(CN2CCC(=O)N(Cc3ccc(F)cc3)C(C(C)C)C2)cnn1C. The molecule has 0 saturated carbocycles. The predicted octanol–water partition coefficient (Wildman–Crippen LogP) is 3.13. The quantitative estimate of drug-likeness (QED) is 0.810. The fraction of sp³-hybridized carbons (Fsp3) is 0.524. The van der Waals surface area contributed by atoms with E-state index in [1.165, 1.54) is 17.7 Å². The summed E-state index contributed by atoms with van der Waals surface area (Å²) in [5.41, 5.74) is 3.33. The van der Waals surface area contributed by atoms with Gasteiger partial charge in [-0.3, -0.25) is 14.4 Å². The molecule has 1 saturated heterocycles. The molecule has 2 heterocycles. The predicted molar refractivity (Wildman–Crippen MR) is 103 cm³/mol.